The molecule has 1 aliphatic heterocycles. The van der Waals surface area contributed by atoms with Gasteiger partial charge in [-0.2, -0.15) is 4.98 Å². The summed E-state index contributed by atoms with van der Waals surface area (Å²) >= 11 is 0. The Hall–Kier alpha value is -4.17. The van der Waals surface area contributed by atoms with E-state index in [9.17, 15) is 0 Å². The van der Waals surface area contributed by atoms with Crippen molar-refractivity contribution in [2.45, 2.75) is 32.2 Å². The average Bonchev–Trinajstić information content (AvgIpc) is 3.38. The number of anilines is 2. The summed E-state index contributed by atoms with van der Waals surface area (Å²) in [7, 11) is 0. The Labute approximate surface area is 210 Å². The van der Waals surface area contributed by atoms with Crippen LogP contribution < -0.4 is 26.3 Å². The lowest BCUT2D eigenvalue weighted by molar-refractivity contribution is 0.292. The monoisotopic (exact) mass is 482 g/mol. The largest absolute Gasteiger partial charge is 0.494 e. The fourth-order valence-electron chi connectivity index (χ4n) is 4.43. The first kappa shape index (κ1) is 23.6. The molecule has 1 fully saturated rings. The van der Waals surface area contributed by atoms with Crippen molar-refractivity contribution in [3.8, 4) is 39.6 Å². The molecule has 8 nitrogen and oxygen atoms in total. The zero-order chi connectivity index (χ0) is 24.9. The Bertz CT molecular complexity index is 1320. The van der Waals surface area contributed by atoms with E-state index in [1.54, 1.807) is 6.20 Å². The van der Waals surface area contributed by atoms with Gasteiger partial charge >= 0.3 is 0 Å². The summed E-state index contributed by atoms with van der Waals surface area (Å²) < 4.78 is 11.9. The molecule has 0 radical (unpaired) electrons. The van der Waals surface area contributed by atoms with Crippen LogP contribution in [-0.2, 0) is 0 Å². The number of nitrogen functional groups attached to an aromatic ring is 2. The van der Waals surface area contributed by atoms with E-state index in [0.717, 1.165) is 46.8 Å². The number of nitrogens with two attached hydrogens (primary N) is 2. The van der Waals surface area contributed by atoms with E-state index in [1.165, 1.54) is 12.8 Å². The molecule has 1 unspecified atom stereocenters. The van der Waals surface area contributed by atoms with Gasteiger partial charge in [0.25, 0.3) is 0 Å². The highest BCUT2D eigenvalue weighted by Crippen LogP contribution is 2.36. The normalized spacial score (nSPS) is 15.1. The highest BCUT2D eigenvalue weighted by molar-refractivity contribution is 5.88. The van der Waals surface area contributed by atoms with Gasteiger partial charge in [0.05, 0.1) is 17.9 Å². The van der Waals surface area contributed by atoms with Gasteiger partial charge in [0.1, 0.15) is 23.1 Å². The van der Waals surface area contributed by atoms with Crippen LogP contribution in [-0.4, -0.2) is 34.1 Å². The number of benzene rings is 2. The maximum Gasteiger partial charge on any atom is 0.222 e. The van der Waals surface area contributed by atoms with E-state index in [-0.39, 0.29) is 5.95 Å². The van der Waals surface area contributed by atoms with Gasteiger partial charge in [-0.05, 0) is 80.8 Å². The molecule has 1 atom stereocenters. The molecule has 1 aliphatic rings. The molecule has 0 saturated carbocycles. The molecule has 5 N–H and O–H groups in total. The number of hydrogen-bond acceptors (Lipinski definition) is 8. The lowest BCUT2D eigenvalue weighted by Crippen LogP contribution is -2.23. The minimum Gasteiger partial charge on any atom is -0.494 e. The third kappa shape index (κ3) is 5.55. The summed E-state index contributed by atoms with van der Waals surface area (Å²) in [5.41, 5.74) is 16.3. The van der Waals surface area contributed by atoms with Crippen LogP contribution in [0.25, 0.3) is 22.4 Å². The first-order valence-electron chi connectivity index (χ1n) is 12.2. The number of pyridine rings is 1. The Morgan fingerprint density at radius 2 is 1.67 bits per heavy atom. The molecular weight excluding hydrogens is 452 g/mol. The smallest absolute Gasteiger partial charge is 0.222 e. The van der Waals surface area contributed by atoms with Crippen LogP contribution in [0.3, 0.4) is 0 Å². The van der Waals surface area contributed by atoms with Crippen LogP contribution in [0.1, 0.15) is 25.0 Å². The zero-order valence-corrected chi connectivity index (χ0v) is 20.3. The third-order valence-electron chi connectivity index (χ3n) is 6.23. The minimum atomic E-state index is 0.128. The number of ether oxygens (including phenoxy) is 2. The van der Waals surface area contributed by atoms with Gasteiger partial charge in [-0.1, -0.05) is 12.1 Å². The Morgan fingerprint density at radius 3 is 2.39 bits per heavy atom. The summed E-state index contributed by atoms with van der Waals surface area (Å²) in [6.07, 6.45) is 5.19. The van der Waals surface area contributed by atoms with E-state index in [0.29, 0.717) is 29.9 Å². The summed E-state index contributed by atoms with van der Waals surface area (Å²) in [5, 5.41) is 3.50. The fraction of sp³-hybridized carbons (Fsp3) is 0.250. The predicted molar refractivity (Wildman–Crippen MR) is 142 cm³/mol. The first-order chi connectivity index (χ1) is 17.5. The van der Waals surface area contributed by atoms with E-state index < -0.39 is 0 Å². The van der Waals surface area contributed by atoms with Gasteiger partial charge in [-0.3, -0.25) is 4.98 Å². The van der Waals surface area contributed by atoms with Crippen LogP contribution in [0.4, 0.5) is 11.8 Å². The summed E-state index contributed by atoms with van der Waals surface area (Å²) in [6, 6.07) is 19.8. The number of aromatic nitrogens is 3. The molecule has 0 aliphatic carbocycles. The number of rotatable bonds is 8. The van der Waals surface area contributed by atoms with Gasteiger partial charge in [0.2, 0.25) is 5.95 Å². The molecule has 2 aromatic carbocycles. The van der Waals surface area contributed by atoms with Gasteiger partial charge in [-0.15, -0.1) is 0 Å². The maximum atomic E-state index is 6.33. The highest BCUT2D eigenvalue weighted by atomic mass is 16.5. The Balaban J connectivity index is 1.35. The molecule has 8 heteroatoms. The molecule has 3 heterocycles. The van der Waals surface area contributed by atoms with Crippen molar-refractivity contribution < 1.29 is 9.47 Å². The second-order valence-corrected chi connectivity index (χ2v) is 8.90. The van der Waals surface area contributed by atoms with Crippen molar-refractivity contribution in [2.24, 2.45) is 0 Å². The number of nitrogens with one attached hydrogen (secondary N) is 1. The highest BCUT2D eigenvalue weighted by Gasteiger charge is 2.17. The van der Waals surface area contributed by atoms with E-state index in [1.807, 2.05) is 67.6 Å². The topological polar surface area (TPSA) is 121 Å². The van der Waals surface area contributed by atoms with E-state index in [4.69, 9.17) is 20.9 Å². The van der Waals surface area contributed by atoms with Crippen molar-refractivity contribution in [2.75, 3.05) is 24.6 Å². The van der Waals surface area contributed by atoms with Crippen LogP contribution in [0, 0.1) is 6.92 Å². The van der Waals surface area contributed by atoms with Gasteiger partial charge in [-0.25, -0.2) is 4.98 Å². The van der Waals surface area contributed by atoms with Crippen molar-refractivity contribution in [1.82, 2.24) is 20.3 Å². The zero-order valence-electron chi connectivity index (χ0n) is 20.3. The molecule has 0 amide bonds. The van der Waals surface area contributed by atoms with Gasteiger partial charge in [0, 0.05) is 29.6 Å². The lowest BCUT2D eigenvalue weighted by Gasteiger charge is -2.14. The molecule has 2 aromatic heterocycles. The third-order valence-corrected chi connectivity index (χ3v) is 6.23. The molecule has 1 saturated heterocycles. The average molecular weight is 483 g/mol. The second kappa shape index (κ2) is 10.6. The molecule has 0 spiro atoms. The summed E-state index contributed by atoms with van der Waals surface area (Å²) in [4.78, 5) is 12.9. The van der Waals surface area contributed by atoms with Crippen LogP contribution in [0.15, 0.2) is 66.9 Å². The number of hydrogen-bond donors (Lipinski definition) is 3. The predicted octanol–water partition coefficient (Wildman–Crippen LogP) is 4.99. The molecule has 4 aromatic rings. The quantitative estimate of drug-likeness (QED) is 0.321. The molecule has 5 rings (SSSR count). The second-order valence-electron chi connectivity index (χ2n) is 8.90. The molecule has 36 heavy (non-hydrogen) atoms. The fourth-order valence-corrected chi connectivity index (χ4v) is 4.43. The Morgan fingerprint density at radius 1 is 0.917 bits per heavy atom. The summed E-state index contributed by atoms with van der Waals surface area (Å²) in [6.45, 7) is 3.71. The van der Waals surface area contributed by atoms with Crippen molar-refractivity contribution in [1.29, 1.82) is 0 Å². The molecule has 184 valence electrons. The van der Waals surface area contributed by atoms with Crippen molar-refractivity contribution in [3.05, 3.63) is 72.6 Å². The number of nitrogens with zero attached hydrogens (tertiary/aromatic N) is 3. The van der Waals surface area contributed by atoms with Crippen LogP contribution in [0.2, 0.25) is 0 Å². The van der Waals surface area contributed by atoms with Crippen molar-refractivity contribution in [3.63, 3.8) is 0 Å². The maximum absolute atomic E-state index is 6.33. The van der Waals surface area contributed by atoms with Crippen LogP contribution in [0.5, 0.6) is 17.2 Å². The summed E-state index contributed by atoms with van der Waals surface area (Å²) in [5.74, 6) is 2.70. The van der Waals surface area contributed by atoms with Gasteiger partial charge < -0.3 is 26.3 Å². The van der Waals surface area contributed by atoms with E-state index >= 15 is 0 Å². The Kier molecular flexibility index (Phi) is 6.95. The van der Waals surface area contributed by atoms with Gasteiger partial charge in [0.15, 0.2) is 0 Å². The molecule has 0 bridgehead atoms. The van der Waals surface area contributed by atoms with E-state index in [2.05, 4.69) is 20.3 Å². The first-order valence-corrected chi connectivity index (χ1v) is 12.2. The molecular formula is C28H30N6O2. The SMILES string of the molecule is Cc1cc(Oc2ccc(-c3c(N)nc(N)nc3-c3ccc(OCCC4CCCN4)cc3)cc2)ccn1. The number of aryl methyl sites for hydroxylation is 1. The minimum absolute atomic E-state index is 0.128. The standard InChI is InChI=1S/C28H30N6O2/c1-18-17-24(12-15-31-18)36-23-10-4-19(5-11-23)25-26(33-28(30)34-27(25)29)20-6-8-22(9-7-20)35-16-13-21-3-2-14-32-21/h4-12,15,17,21,32H,2-3,13-14,16H2,1H3,(H4,29,30,33,34). The van der Waals surface area contributed by atoms with Crippen LogP contribution >= 0.6 is 0 Å². The van der Waals surface area contributed by atoms with Crippen molar-refractivity contribution >= 4 is 11.8 Å². The lowest BCUT2D eigenvalue weighted by atomic mass is 9.99.